The summed E-state index contributed by atoms with van der Waals surface area (Å²) in [7, 11) is 0. The Morgan fingerprint density at radius 3 is 2.77 bits per heavy atom. The molecular formula is C22H25FN6O. The van der Waals surface area contributed by atoms with Crippen LogP contribution in [0.3, 0.4) is 0 Å². The number of aromatic nitrogens is 2. The van der Waals surface area contributed by atoms with Crippen LogP contribution in [-0.4, -0.2) is 66.0 Å². The monoisotopic (exact) mass is 408 g/mol. The number of nitrogens with one attached hydrogen (secondary N) is 1. The van der Waals surface area contributed by atoms with Crippen molar-refractivity contribution in [3.8, 4) is 6.07 Å². The van der Waals surface area contributed by atoms with E-state index in [1.165, 1.54) is 5.56 Å². The summed E-state index contributed by atoms with van der Waals surface area (Å²) in [6.07, 6.45) is 2.11. The zero-order valence-corrected chi connectivity index (χ0v) is 17.0. The molecule has 156 valence electrons. The van der Waals surface area contributed by atoms with Crippen molar-refractivity contribution in [2.24, 2.45) is 0 Å². The van der Waals surface area contributed by atoms with Gasteiger partial charge in [-0.15, -0.1) is 0 Å². The second-order valence-electron chi connectivity index (χ2n) is 8.74. The Morgan fingerprint density at radius 2 is 2.10 bits per heavy atom. The van der Waals surface area contributed by atoms with Crippen LogP contribution in [0, 0.1) is 11.3 Å². The Hall–Kier alpha value is -2.76. The van der Waals surface area contributed by atoms with Crippen LogP contribution in [0.1, 0.15) is 30.4 Å². The third-order valence-corrected chi connectivity index (χ3v) is 6.24. The van der Waals surface area contributed by atoms with Crippen molar-refractivity contribution >= 4 is 17.5 Å². The minimum Gasteiger partial charge on any atom is -0.378 e. The largest absolute Gasteiger partial charge is 0.378 e. The van der Waals surface area contributed by atoms with Gasteiger partial charge in [0.1, 0.15) is 23.1 Å². The second-order valence-corrected chi connectivity index (χ2v) is 8.74. The van der Waals surface area contributed by atoms with Crippen LogP contribution in [0.15, 0.2) is 30.5 Å². The first-order valence-corrected chi connectivity index (χ1v) is 10.4. The number of rotatable bonds is 5. The van der Waals surface area contributed by atoms with E-state index in [9.17, 15) is 4.39 Å². The summed E-state index contributed by atoms with van der Waals surface area (Å²) in [5, 5.41) is 12.4. The lowest BCUT2D eigenvalue weighted by Gasteiger charge is -2.47. The number of hydrogen-bond donors (Lipinski definition) is 1. The highest BCUT2D eigenvalue weighted by Gasteiger charge is 2.38. The van der Waals surface area contributed by atoms with Gasteiger partial charge in [0.05, 0.1) is 37.4 Å². The number of anilines is 3. The first kappa shape index (κ1) is 19.2. The van der Waals surface area contributed by atoms with E-state index in [2.05, 4.69) is 27.3 Å². The van der Waals surface area contributed by atoms with Crippen molar-refractivity contribution in [3.05, 3.63) is 41.6 Å². The molecule has 0 spiro atoms. The number of ether oxygens (including phenoxy) is 1. The lowest BCUT2D eigenvalue weighted by Crippen LogP contribution is -2.58. The number of likely N-dealkylation sites (tertiary alicyclic amines) is 1. The molecule has 3 fully saturated rings. The van der Waals surface area contributed by atoms with E-state index >= 15 is 0 Å². The molecule has 0 saturated carbocycles. The van der Waals surface area contributed by atoms with Gasteiger partial charge in [-0.3, -0.25) is 4.90 Å². The highest BCUT2D eigenvalue weighted by molar-refractivity contribution is 5.59. The van der Waals surface area contributed by atoms with Crippen molar-refractivity contribution in [3.63, 3.8) is 0 Å². The first-order chi connectivity index (χ1) is 14.5. The van der Waals surface area contributed by atoms with Gasteiger partial charge in [-0.2, -0.15) is 5.26 Å². The quantitative estimate of drug-likeness (QED) is 0.815. The topological polar surface area (TPSA) is 77.3 Å². The summed E-state index contributed by atoms with van der Waals surface area (Å²) >= 11 is 0. The normalized spacial score (nSPS) is 24.9. The fraction of sp³-hybridized carbons (Fsp3) is 0.500. The maximum atomic E-state index is 14.5. The molecule has 1 unspecified atom stereocenters. The number of nitrogens with zero attached hydrogens (tertiary/aromatic N) is 5. The van der Waals surface area contributed by atoms with E-state index in [-0.39, 0.29) is 0 Å². The summed E-state index contributed by atoms with van der Waals surface area (Å²) in [5.41, 5.74) is 0.544. The second kappa shape index (κ2) is 7.49. The van der Waals surface area contributed by atoms with E-state index in [0.717, 1.165) is 32.1 Å². The van der Waals surface area contributed by atoms with Crippen LogP contribution in [0.2, 0.25) is 0 Å². The highest BCUT2D eigenvalue weighted by Crippen LogP contribution is 2.35. The van der Waals surface area contributed by atoms with Gasteiger partial charge < -0.3 is 15.0 Å². The molecule has 8 heteroatoms. The van der Waals surface area contributed by atoms with E-state index in [0.29, 0.717) is 48.7 Å². The molecule has 1 atom stereocenters. The maximum absolute atomic E-state index is 14.5. The van der Waals surface area contributed by atoms with E-state index in [1.54, 1.807) is 25.3 Å². The van der Waals surface area contributed by atoms with Gasteiger partial charge in [0.15, 0.2) is 0 Å². The molecule has 5 heterocycles. The molecule has 5 rings (SSSR count). The van der Waals surface area contributed by atoms with Crippen LogP contribution < -0.4 is 10.2 Å². The third kappa shape index (κ3) is 3.83. The number of pyridine rings is 2. The van der Waals surface area contributed by atoms with Gasteiger partial charge >= 0.3 is 0 Å². The van der Waals surface area contributed by atoms with E-state index in [4.69, 9.17) is 15.0 Å². The van der Waals surface area contributed by atoms with Crippen LogP contribution in [0.25, 0.3) is 0 Å². The number of alkyl halides is 1. The number of halogens is 1. The fourth-order valence-electron chi connectivity index (χ4n) is 4.27. The first-order valence-electron chi connectivity index (χ1n) is 10.4. The van der Waals surface area contributed by atoms with Gasteiger partial charge in [0, 0.05) is 38.2 Å². The molecular weight excluding hydrogens is 383 g/mol. The molecule has 0 aliphatic carbocycles. The average Bonchev–Trinajstić information content (AvgIpc) is 3.02. The standard InChI is InChI=1S/C22H25FN6O/c1-22(23)3-5-28(14-22)21-8-16(17-10-29(11-17)18-12-30-13-18)7-20(27-21)26-19-6-15(9-24)2-4-25-19/h2,4,6-8,17-18H,3,5,10-14H2,1H3,(H,25,26,27). The van der Waals surface area contributed by atoms with Crippen molar-refractivity contribution in [2.45, 2.75) is 31.0 Å². The summed E-state index contributed by atoms with van der Waals surface area (Å²) in [4.78, 5) is 13.5. The van der Waals surface area contributed by atoms with Crippen molar-refractivity contribution in [1.82, 2.24) is 14.9 Å². The molecule has 0 radical (unpaired) electrons. The van der Waals surface area contributed by atoms with Crippen LogP contribution >= 0.6 is 0 Å². The van der Waals surface area contributed by atoms with Crippen LogP contribution in [-0.2, 0) is 4.74 Å². The number of nitriles is 1. The zero-order chi connectivity index (χ0) is 20.7. The molecule has 7 nitrogen and oxygen atoms in total. The summed E-state index contributed by atoms with van der Waals surface area (Å²) in [5.74, 6) is 2.45. The molecule has 30 heavy (non-hydrogen) atoms. The Labute approximate surface area is 175 Å². The van der Waals surface area contributed by atoms with Gasteiger partial charge in [0.2, 0.25) is 0 Å². The van der Waals surface area contributed by atoms with Crippen LogP contribution in [0.4, 0.5) is 21.8 Å². The minimum atomic E-state index is -1.19. The summed E-state index contributed by atoms with van der Waals surface area (Å²) < 4.78 is 19.8. The fourth-order valence-corrected chi connectivity index (χ4v) is 4.27. The Bertz CT molecular complexity index is 980. The van der Waals surface area contributed by atoms with E-state index < -0.39 is 5.67 Å². The predicted octanol–water partition coefficient (Wildman–Crippen LogP) is 2.83. The molecule has 2 aromatic rings. The molecule has 0 bridgehead atoms. The minimum absolute atomic E-state index is 0.348. The smallest absolute Gasteiger partial charge is 0.134 e. The zero-order valence-electron chi connectivity index (χ0n) is 17.0. The Morgan fingerprint density at radius 1 is 1.27 bits per heavy atom. The average molecular weight is 408 g/mol. The molecule has 0 amide bonds. The van der Waals surface area contributed by atoms with Gasteiger partial charge in [-0.1, -0.05) is 0 Å². The van der Waals surface area contributed by atoms with Gasteiger partial charge in [-0.25, -0.2) is 14.4 Å². The summed E-state index contributed by atoms with van der Waals surface area (Å²) in [6.45, 7) is 6.30. The van der Waals surface area contributed by atoms with Gasteiger partial charge in [-0.05, 0) is 36.8 Å². The SMILES string of the molecule is CC1(F)CCN(c2cc(C3CN(C4COC4)C3)cc(Nc3cc(C#N)ccn3)n2)C1. The molecule has 1 N–H and O–H groups in total. The molecule has 3 aliphatic heterocycles. The maximum Gasteiger partial charge on any atom is 0.134 e. The third-order valence-electron chi connectivity index (χ3n) is 6.24. The highest BCUT2D eigenvalue weighted by atomic mass is 19.1. The predicted molar refractivity (Wildman–Crippen MR) is 112 cm³/mol. The van der Waals surface area contributed by atoms with E-state index in [1.807, 2.05) is 11.0 Å². The number of hydrogen-bond acceptors (Lipinski definition) is 7. The lowest BCUT2D eigenvalue weighted by atomic mass is 9.90. The summed E-state index contributed by atoms with van der Waals surface area (Å²) in [6, 6.07) is 10.2. The molecule has 0 aromatic carbocycles. The van der Waals surface area contributed by atoms with Crippen LogP contribution in [0.5, 0.6) is 0 Å². The Balaban J connectivity index is 1.40. The Kier molecular flexibility index (Phi) is 4.80. The van der Waals surface area contributed by atoms with Crippen molar-refractivity contribution in [2.75, 3.05) is 49.6 Å². The van der Waals surface area contributed by atoms with Gasteiger partial charge in [0.25, 0.3) is 0 Å². The molecule has 3 saturated heterocycles. The lowest BCUT2D eigenvalue weighted by molar-refractivity contribution is -0.0906. The molecule has 2 aromatic heterocycles. The van der Waals surface area contributed by atoms with Crippen molar-refractivity contribution in [1.29, 1.82) is 5.26 Å². The molecule has 3 aliphatic rings. The van der Waals surface area contributed by atoms with Crippen molar-refractivity contribution < 1.29 is 9.13 Å².